The van der Waals surface area contributed by atoms with Crippen molar-refractivity contribution in [3.63, 3.8) is 0 Å². The van der Waals surface area contributed by atoms with Gasteiger partial charge in [0.1, 0.15) is 6.61 Å². The van der Waals surface area contributed by atoms with E-state index in [1.165, 1.54) is 7.11 Å². The first-order chi connectivity index (χ1) is 8.12. The number of hydrogen-bond acceptors (Lipinski definition) is 7. The summed E-state index contributed by atoms with van der Waals surface area (Å²) < 4.78 is 68.5. The van der Waals surface area contributed by atoms with Crippen molar-refractivity contribution in [2.75, 3.05) is 27.1 Å². The highest BCUT2D eigenvalue weighted by atomic mass is 32.2. The topological polar surface area (TPSA) is 102 Å². The van der Waals surface area contributed by atoms with Crippen molar-refractivity contribution in [3.8, 4) is 0 Å². The van der Waals surface area contributed by atoms with Gasteiger partial charge in [-0.05, 0) is 0 Å². The van der Waals surface area contributed by atoms with Crippen LogP contribution < -0.4 is 0 Å². The van der Waals surface area contributed by atoms with Gasteiger partial charge < -0.3 is 18.8 Å². The van der Waals surface area contributed by atoms with Gasteiger partial charge in [-0.25, -0.2) is 13.2 Å². The molecule has 0 radical (unpaired) electrons. The van der Waals surface area contributed by atoms with Crippen molar-refractivity contribution >= 4 is 16.1 Å². The third-order valence-electron chi connectivity index (χ3n) is 1.51. The molecule has 10 heteroatoms. The normalized spacial score (nSPS) is 12.2. The Hall–Kier alpha value is -1.10. The van der Waals surface area contributed by atoms with Gasteiger partial charge in [0, 0.05) is 7.11 Å². The molecule has 0 N–H and O–H groups in total. The fourth-order valence-corrected chi connectivity index (χ4v) is 0.866. The van der Waals surface area contributed by atoms with Crippen LogP contribution in [0.15, 0.2) is 12.2 Å². The van der Waals surface area contributed by atoms with Crippen molar-refractivity contribution in [1.82, 2.24) is 0 Å². The van der Waals surface area contributed by atoms with Crippen LogP contribution in [0.25, 0.3) is 0 Å². The fraction of sp³-hybridized carbons (Fsp3) is 0.625. The van der Waals surface area contributed by atoms with Gasteiger partial charge in [-0.2, -0.15) is 8.78 Å². The van der Waals surface area contributed by atoms with Crippen molar-refractivity contribution in [2.45, 2.75) is 5.25 Å². The monoisotopic (exact) mass is 289 g/mol. The summed E-state index contributed by atoms with van der Waals surface area (Å²) in [6.45, 7) is 0.432. The van der Waals surface area contributed by atoms with Gasteiger partial charge in [0.2, 0.25) is 0 Å². The van der Waals surface area contributed by atoms with Crippen LogP contribution in [0.1, 0.15) is 0 Å². The van der Waals surface area contributed by atoms with Crippen molar-refractivity contribution in [3.05, 3.63) is 12.2 Å². The standard InChI is InChI=1S/C8H12F2O7S/c1-6(7(11)17-5-15-2)3-16-4-8(9,10)18(12,13)14/h1,3-5H2,2H3,(H,12,13,14)/p-1. The molecule has 0 bridgehead atoms. The maximum Gasteiger partial charge on any atom is 0.357 e. The molecule has 0 aromatic carbocycles. The highest BCUT2D eigenvalue weighted by Crippen LogP contribution is 2.20. The maximum absolute atomic E-state index is 12.6. The van der Waals surface area contributed by atoms with E-state index < -0.39 is 34.6 Å². The number of methoxy groups -OCH3 is 1. The van der Waals surface area contributed by atoms with Crippen LogP contribution in [-0.4, -0.2) is 51.3 Å². The predicted octanol–water partition coefficient (Wildman–Crippen LogP) is -0.156. The quantitative estimate of drug-likeness (QED) is 0.265. The summed E-state index contributed by atoms with van der Waals surface area (Å²) in [5.74, 6) is -0.954. The molecule has 0 aliphatic carbocycles. The molecule has 0 aliphatic heterocycles. The lowest BCUT2D eigenvalue weighted by Crippen LogP contribution is -2.34. The number of carbonyl (C=O) groups excluding carboxylic acids is 1. The molecule has 0 aliphatic rings. The van der Waals surface area contributed by atoms with E-state index in [0.717, 1.165) is 0 Å². The molecule has 0 saturated carbocycles. The van der Waals surface area contributed by atoms with Gasteiger partial charge in [0.25, 0.3) is 0 Å². The number of carbonyl (C=O) groups is 1. The molecule has 0 saturated heterocycles. The van der Waals surface area contributed by atoms with E-state index in [-0.39, 0.29) is 12.4 Å². The van der Waals surface area contributed by atoms with Gasteiger partial charge in [0.05, 0.1) is 12.2 Å². The van der Waals surface area contributed by atoms with Gasteiger partial charge >= 0.3 is 11.2 Å². The molecular weight excluding hydrogens is 278 g/mol. The Bertz CT molecular complexity index is 404. The molecular formula is C8H11F2O7S-. The summed E-state index contributed by atoms with van der Waals surface area (Å²) in [6.07, 6.45) is 0. The van der Waals surface area contributed by atoms with E-state index in [0.29, 0.717) is 0 Å². The van der Waals surface area contributed by atoms with E-state index >= 15 is 0 Å². The zero-order chi connectivity index (χ0) is 14.4. The summed E-state index contributed by atoms with van der Waals surface area (Å²) in [4.78, 5) is 11.0. The number of esters is 1. The summed E-state index contributed by atoms with van der Waals surface area (Å²) in [5, 5.41) is -4.57. The van der Waals surface area contributed by atoms with Crippen LogP contribution in [0, 0.1) is 0 Å². The van der Waals surface area contributed by atoms with Crippen LogP contribution in [0.4, 0.5) is 8.78 Å². The Morgan fingerprint density at radius 1 is 1.44 bits per heavy atom. The fourth-order valence-electron chi connectivity index (χ4n) is 0.639. The molecule has 0 unspecified atom stereocenters. The first kappa shape index (κ1) is 16.9. The third kappa shape index (κ3) is 5.49. The summed E-state index contributed by atoms with van der Waals surface area (Å²) in [6, 6.07) is 0. The van der Waals surface area contributed by atoms with E-state index in [9.17, 15) is 26.5 Å². The molecule has 0 heterocycles. The molecule has 0 aromatic heterocycles. The van der Waals surface area contributed by atoms with Crippen LogP contribution in [0.5, 0.6) is 0 Å². The van der Waals surface area contributed by atoms with Crippen LogP contribution in [-0.2, 0) is 29.1 Å². The van der Waals surface area contributed by atoms with Crippen LogP contribution in [0.3, 0.4) is 0 Å². The first-order valence-corrected chi connectivity index (χ1v) is 5.77. The second-order valence-corrected chi connectivity index (χ2v) is 4.53. The van der Waals surface area contributed by atoms with E-state index in [2.05, 4.69) is 20.8 Å². The number of hydrogen-bond donors (Lipinski definition) is 0. The van der Waals surface area contributed by atoms with Gasteiger partial charge in [-0.1, -0.05) is 6.58 Å². The number of alkyl halides is 2. The molecule has 0 aromatic rings. The number of rotatable bonds is 8. The number of ether oxygens (including phenoxy) is 3. The van der Waals surface area contributed by atoms with Crippen molar-refractivity contribution in [2.24, 2.45) is 0 Å². The minimum Gasteiger partial charge on any atom is -0.743 e. The van der Waals surface area contributed by atoms with E-state index in [1.54, 1.807) is 0 Å². The molecule has 18 heavy (non-hydrogen) atoms. The third-order valence-corrected chi connectivity index (χ3v) is 2.36. The zero-order valence-electron chi connectivity index (χ0n) is 9.35. The molecule has 0 amide bonds. The Morgan fingerprint density at radius 3 is 2.44 bits per heavy atom. The Balaban J connectivity index is 4.13. The lowest BCUT2D eigenvalue weighted by molar-refractivity contribution is -0.150. The molecule has 0 fully saturated rings. The highest BCUT2D eigenvalue weighted by molar-refractivity contribution is 7.86. The minimum absolute atomic E-state index is 0.328. The van der Waals surface area contributed by atoms with Crippen molar-refractivity contribution in [1.29, 1.82) is 0 Å². The molecule has 0 atom stereocenters. The average molecular weight is 289 g/mol. The molecule has 0 spiro atoms. The smallest absolute Gasteiger partial charge is 0.357 e. The maximum atomic E-state index is 12.6. The highest BCUT2D eigenvalue weighted by Gasteiger charge is 2.38. The Morgan fingerprint density at radius 2 is 2.00 bits per heavy atom. The second-order valence-electron chi connectivity index (χ2n) is 3.03. The lowest BCUT2D eigenvalue weighted by atomic mass is 10.3. The van der Waals surface area contributed by atoms with Gasteiger partial charge in [-0.3, -0.25) is 0 Å². The predicted molar refractivity (Wildman–Crippen MR) is 52.6 cm³/mol. The Labute approximate surface area is 102 Å². The SMILES string of the molecule is C=C(COCC(F)(F)S(=O)(=O)[O-])C(=O)OCOC. The molecule has 0 rings (SSSR count). The first-order valence-electron chi connectivity index (χ1n) is 4.36. The van der Waals surface area contributed by atoms with E-state index in [4.69, 9.17) is 0 Å². The Kier molecular flexibility index (Phi) is 6.32. The van der Waals surface area contributed by atoms with Crippen LogP contribution >= 0.6 is 0 Å². The van der Waals surface area contributed by atoms with Gasteiger partial charge in [-0.15, -0.1) is 0 Å². The second kappa shape index (κ2) is 6.73. The largest absolute Gasteiger partial charge is 0.743 e. The van der Waals surface area contributed by atoms with Crippen molar-refractivity contribution < 1.29 is 40.8 Å². The summed E-state index contributed by atoms with van der Waals surface area (Å²) >= 11 is 0. The van der Waals surface area contributed by atoms with Crippen LogP contribution in [0.2, 0.25) is 0 Å². The lowest BCUT2D eigenvalue weighted by Gasteiger charge is -2.19. The van der Waals surface area contributed by atoms with E-state index in [1.807, 2.05) is 0 Å². The van der Waals surface area contributed by atoms with Gasteiger partial charge in [0.15, 0.2) is 16.9 Å². The minimum atomic E-state index is -5.81. The molecule has 7 nitrogen and oxygen atoms in total. The molecule has 106 valence electrons. The summed E-state index contributed by atoms with van der Waals surface area (Å²) in [7, 11) is -4.55. The summed E-state index contributed by atoms with van der Waals surface area (Å²) in [5.41, 5.74) is -0.328. The zero-order valence-corrected chi connectivity index (χ0v) is 10.2. The average Bonchev–Trinajstić information content (AvgIpc) is 2.23. The number of halogens is 2.